The van der Waals surface area contributed by atoms with Crippen molar-refractivity contribution >= 4 is 17.7 Å². The highest BCUT2D eigenvalue weighted by atomic mass is 19.1. The predicted molar refractivity (Wildman–Crippen MR) is 161 cm³/mol. The number of benzene rings is 2. The van der Waals surface area contributed by atoms with E-state index in [0.29, 0.717) is 18.9 Å². The van der Waals surface area contributed by atoms with Crippen LogP contribution in [0.2, 0.25) is 0 Å². The molecule has 236 valence electrons. The average molecular weight is 611 g/mol. The van der Waals surface area contributed by atoms with Crippen molar-refractivity contribution in [2.75, 3.05) is 0 Å². The van der Waals surface area contributed by atoms with E-state index >= 15 is 0 Å². The fraction of sp³-hybridized carbons (Fsp3) is 0.394. The SMILES string of the molecule is CCCCCCC(NC(=O)c1cccnc1)C(=O)N[C@@H](Cc1cc(F)cc(F)c1)[C@@H](O)[C@H](O)CC(=O)NCc1ccccc1. The number of nitrogens with zero attached hydrogens (tertiary/aromatic N) is 1. The smallest absolute Gasteiger partial charge is 0.253 e. The van der Waals surface area contributed by atoms with Gasteiger partial charge in [0.15, 0.2) is 0 Å². The number of aliphatic hydroxyl groups excluding tert-OH is 2. The molecule has 1 aromatic heterocycles. The molecule has 0 spiro atoms. The van der Waals surface area contributed by atoms with Gasteiger partial charge in [0.2, 0.25) is 11.8 Å². The number of halogens is 2. The topological polar surface area (TPSA) is 141 Å². The molecule has 0 aliphatic heterocycles. The van der Waals surface area contributed by atoms with Gasteiger partial charge in [0.25, 0.3) is 5.91 Å². The lowest BCUT2D eigenvalue weighted by Gasteiger charge is -2.30. The summed E-state index contributed by atoms with van der Waals surface area (Å²) in [5.74, 6) is -3.41. The summed E-state index contributed by atoms with van der Waals surface area (Å²) in [5.41, 5.74) is 1.21. The van der Waals surface area contributed by atoms with E-state index in [1.54, 1.807) is 12.1 Å². The molecule has 0 aliphatic carbocycles. The van der Waals surface area contributed by atoms with E-state index in [-0.39, 0.29) is 24.1 Å². The first kappa shape index (κ1) is 34.3. The van der Waals surface area contributed by atoms with E-state index in [0.717, 1.165) is 37.0 Å². The molecular formula is C33H40F2N4O5. The third-order valence-corrected chi connectivity index (χ3v) is 7.13. The second-order valence-corrected chi connectivity index (χ2v) is 10.7. The van der Waals surface area contributed by atoms with Crippen molar-refractivity contribution in [1.29, 1.82) is 0 Å². The first-order chi connectivity index (χ1) is 21.2. The van der Waals surface area contributed by atoms with E-state index < -0.39 is 60.1 Å². The van der Waals surface area contributed by atoms with Gasteiger partial charge in [-0.2, -0.15) is 0 Å². The molecule has 11 heteroatoms. The number of pyridine rings is 1. The molecule has 0 fully saturated rings. The Bertz CT molecular complexity index is 1330. The van der Waals surface area contributed by atoms with Crippen molar-refractivity contribution < 1.29 is 33.4 Å². The maximum Gasteiger partial charge on any atom is 0.253 e. The summed E-state index contributed by atoms with van der Waals surface area (Å²) >= 11 is 0. The van der Waals surface area contributed by atoms with Gasteiger partial charge in [-0.25, -0.2) is 8.78 Å². The average Bonchev–Trinajstić information content (AvgIpc) is 3.01. The van der Waals surface area contributed by atoms with Crippen LogP contribution in [-0.2, 0) is 22.6 Å². The van der Waals surface area contributed by atoms with Gasteiger partial charge in [-0.05, 0) is 48.2 Å². The molecule has 0 saturated carbocycles. The summed E-state index contributed by atoms with van der Waals surface area (Å²) in [5, 5.41) is 30.0. The van der Waals surface area contributed by atoms with Crippen molar-refractivity contribution in [3.8, 4) is 0 Å². The zero-order valence-corrected chi connectivity index (χ0v) is 24.7. The number of carbonyl (C=O) groups excluding carboxylic acids is 3. The standard InChI is InChI=1S/C33H40F2N4O5/c1-2-3-4-8-13-27(38-32(43)24-12-9-14-36-21-24)33(44)39-28(17-23-15-25(34)18-26(35)16-23)31(42)29(40)19-30(41)37-20-22-10-6-5-7-11-22/h5-7,9-12,14-16,18,21,27-29,31,40,42H,2-4,8,13,17,19-20H2,1H3,(H,37,41)(H,38,43)(H,39,44)/t27?,28-,29+,31+/m0/s1. The second kappa shape index (κ2) is 17.8. The Labute approximate surface area is 256 Å². The van der Waals surface area contributed by atoms with E-state index in [9.17, 15) is 33.4 Å². The molecule has 1 unspecified atom stereocenters. The van der Waals surface area contributed by atoms with Gasteiger partial charge in [-0.15, -0.1) is 0 Å². The maximum atomic E-state index is 14.0. The van der Waals surface area contributed by atoms with Gasteiger partial charge in [0, 0.05) is 25.0 Å². The molecule has 3 rings (SSSR count). The minimum absolute atomic E-state index is 0.117. The summed E-state index contributed by atoms with van der Waals surface area (Å²) in [7, 11) is 0. The highest BCUT2D eigenvalue weighted by molar-refractivity contribution is 5.97. The van der Waals surface area contributed by atoms with E-state index in [4.69, 9.17) is 0 Å². The fourth-order valence-electron chi connectivity index (χ4n) is 4.75. The third-order valence-electron chi connectivity index (χ3n) is 7.13. The summed E-state index contributed by atoms with van der Waals surface area (Å²) in [6.45, 7) is 2.25. The quantitative estimate of drug-likeness (QED) is 0.148. The minimum Gasteiger partial charge on any atom is -0.390 e. The van der Waals surface area contributed by atoms with Crippen LogP contribution >= 0.6 is 0 Å². The first-order valence-electron chi connectivity index (χ1n) is 14.8. The Morgan fingerprint density at radius 2 is 1.61 bits per heavy atom. The number of amides is 3. The largest absolute Gasteiger partial charge is 0.390 e. The van der Waals surface area contributed by atoms with Crippen LogP contribution in [0, 0.1) is 11.6 Å². The van der Waals surface area contributed by atoms with Crippen LogP contribution in [0.4, 0.5) is 8.78 Å². The van der Waals surface area contributed by atoms with Crippen LogP contribution in [-0.4, -0.2) is 57.2 Å². The van der Waals surface area contributed by atoms with Gasteiger partial charge in [0.05, 0.1) is 24.1 Å². The van der Waals surface area contributed by atoms with Crippen LogP contribution < -0.4 is 16.0 Å². The van der Waals surface area contributed by atoms with Crippen LogP contribution in [0.3, 0.4) is 0 Å². The Hall–Kier alpha value is -4.22. The normalized spacial score (nSPS) is 13.8. The molecule has 3 amide bonds. The van der Waals surface area contributed by atoms with Crippen molar-refractivity contribution in [2.24, 2.45) is 0 Å². The Morgan fingerprint density at radius 3 is 2.27 bits per heavy atom. The number of rotatable bonds is 17. The molecule has 44 heavy (non-hydrogen) atoms. The lowest BCUT2D eigenvalue weighted by Crippen LogP contribution is -2.55. The number of aliphatic hydroxyl groups is 2. The minimum atomic E-state index is -1.69. The Balaban J connectivity index is 1.76. The number of unbranched alkanes of at least 4 members (excludes halogenated alkanes) is 3. The van der Waals surface area contributed by atoms with E-state index in [1.807, 2.05) is 37.3 Å². The summed E-state index contributed by atoms with van der Waals surface area (Å²) in [6, 6.07) is 12.8. The van der Waals surface area contributed by atoms with Crippen molar-refractivity contribution in [2.45, 2.75) is 82.7 Å². The van der Waals surface area contributed by atoms with Crippen LogP contribution in [0.5, 0.6) is 0 Å². The van der Waals surface area contributed by atoms with Crippen LogP contribution in [0.1, 0.15) is 66.9 Å². The van der Waals surface area contributed by atoms with Gasteiger partial charge >= 0.3 is 0 Å². The highest BCUT2D eigenvalue weighted by Crippen LogP contribution is 2.16. The summed E-state index contributed by atoms with van der Waals surface area (Å²) in [4.78, 5) is 42.9. The molecule has 0 radical (unpaired) electrons. The van der Waals surface area contributed by atoms with Crippen LogP contribution in [0.15, 0.2) is 73.1 Å². The van der Waals surface area contributed by atoms with Crippen LogP contribution in [0.25, 0.3) is 0 Å². The van der Waals surface area contributed by atoms with Gasteiger partial charge < -0.3 is 26.2 Å². The number of nitrogens with one attached hydrogen (secondary N) is 3. The van der Waals surface area contributed by atoms with Crippen molar-refractivity contribution in [3.05, 3.63) is 101 Å². The Kier molecular flexibility index (Phi) is 13.9. The molecular weight excluding hydrogens is 570 g/mol. The van der Waals surface area contributed by atoms with E-state index in [2.05, 4.69) is 20.9 Å². The number of hydrogen-bond donors (Lipinski definition) is 5. The lowest BCUT2D eigenvalue weighted by molar-refractivity contribution is -0.127. The van der Waals surface area contributed by atoms with Gasteiger partial charge in [-0.1, -0.05) is 62.9 Å². The first-order valence-corrected chi connectivity index (χ1v) is 14.8. The molecule has 3 aromatic rings. The summed E-state index contributed by atoms with van der Waals surface area (Å²) in [6.07, 6.45) is 2.47. The van der Waals surface area contributed by atoms with Crippen molar-refractivity contribution in [3.63, 3.8) is 0 Å². The molecule has 0 saturated heterocycles. The monoisotopic (exact) mass is 610 g/mol. The number of aromatic nitrogens is 1. The molecule has 9 nitrogen and oxygen atoms in total. The van der Waals surface area contributed by atoms with E-state index in [1.165, 1.54) is 12.4 Å². The Morgan fingerprint density at radius 1 is 0.886 bits per heavy atom. The second-order valence-electron chi connectivity index (χ2n) is 10.7. The molecule has 0 bridgehead atoms. The molecule has 5 N–H and O–H groups in total. The van der Waals surface area contributed by atoms with Gasteiger partial charge in [0.1, 0.15) is 23.8 Å². The third kappa shape index (κ3) is 11.5. The zero-order chi connectivity index (χ0) is 31.9. The molecule has 2 aromatic carbocycles. The summed E-state index contributed by atoms with van der Waals surface area (Å²) < 4.78 is 28.0. The zero-order valence-electron chi connectivity index (χ0n) is 24.7. The number of hydrogen-bond acceptors (Lipinski definition) is 6. The highest BCUT2D eigenvalue weighted by Gasteiger charge is 2.32. The molecule has 4 atom stereocenters. The number of carbonyl (C=O) groups is 3. The molecule has 1 heterocycles. The van der Waals surface area contributed by atoms with Gasteiger partial charge in [-0.3, -0.25) is 19.4 Å². The molecule has 0 aliphatic rings. The predicted octanol–water partition coefficient (Wildman–Crippen LogP) is 3.58. The van der Waals surface area contributed by atoms with Crippen molar-refractivity contribution in [1.82, 2.24) is 20.9 Å². The maximum absolute atomic E-state index is 14.0. The lowest BCUT2D eigenvalue weighted by atomic mass is 9.95. The fourth-order valence-corrected chi connectivity index (χ4v) is 4.75.